The van der Waals surface area contributed by atoms with Gasteiger partial charge in [-0.1, -0.05) is 32.9 Å². The lowest BCUT2D eigenvalue weighted by molar-refractivity contribution is 0.407. The zero-order valence-corrected chi connectivity index (χ0v) is 12.0. The molecule has 0 bridgehead atoms. The largest absolute Gasteiger partial charge is 0.496 e. The number of aryl methyl sites for hydroxylation is 1. The number of benzene rings is 1. The van der Waals surface area contributed by atoms with Gasteiger partial charge in [-0.15, -0.1) is 0 Å². The molecule has 0 saturated heterocycles. The molecule has 0 aliphatic rings. The first kappa shape index (κ1) is 15.0. The molecule has 0 radical (unpaired) electrons. The third-order valence-electron chi connectivity index (χ3n) is 2.92. The van der Waals surface area contributed by atoms with Gasteiger partial charge < -0.3 is 15.4 Å². The molecule has 1 aromatic rings. The molecule has 0 unspecified atom stereocenters. The first-order valence-corrected chi connectivity index (χ1v) is 6.77. The Morgan fingerprint density at radius 2 is 2.00 bits per heavy atom. The molecule has 0 heterocycles. The van der Waals surface area contributed by atoms with Gasteiger partial charge in [-0.3, -0.25) is 0 Å². The van der Waals surface area contributed by atoms with Gasteiger partial charge in [0.15, 0.2) is 0 Å². The zero-order chi connectivity index (χ0) is 13.4. The van der Waals surface area contributed by atoms with E-state index < -0.39 is 0 Å². The van der Waals surface area contributed by atoms with Gasteiger partial charge in [0.05, 0.1) is 7.11 Å². The van der Waals surface area contributed by atoms with Gasteiger partial charge in [0.25, 0.3) is 0 Å². The predicted octanol–water partition coefficient (Wildman–Crippen LogP) is 2.35. The molecule has 3 heteroatoms. The highest BCUT2D eigenvalue weighted by molar-refractivity contribution is 5.37. The Morgan fingerprint density at radius 1 is 1.22 bits per heavy atom. The highest BCUT2D eigenvalue weighted by atomic mass is 16.5. The second kappa shape index (κ2) is 8.11. The number of methoxy groups -OCH3 is 1. The van der Waals surface area contributed by atoms with E-state index in [1.54, 1.807) is 7.11 Å². The van der Waals surface area contributed by atoms with E-state index >= 15 is 0 Å². The van der Waals surface area contributed by atoms with Crippen LogP contribution in [-0.4, -0.2) is 26.2 Å². The second-order valence-electron chi connectivity index (χ2n) is 4.79. The fraction of sp³-hybridized carbons (Fsp3) is 0.600. The molecule has 18 heavy (non-hydrogen) atoms. The van der Waals surface area contributed by atoms with Gasteiger partial charge in [-0.25, -0.2) is 0 Å². The Balaban J connectivity index is 2.44. The zero-order valence-electron chi connectivity index (χ0n) is 12.0. The van der Waals surface area contributed by atoms with E-state index in [0.29, 0.717) is 6.04 Å². The molecular formula is C15H26N2O. The molecule has 0 aliphatic carbocycles. The molecule has 2 N–H and O–H groups in total. The quantitative estimate of drug-likeness (QED) is 0.695. The lowest BCUT2D eigenvalue weighted by Crippen LogP contribution is -2.31. The highest BCUT2D eigenvalue weighted by Crippen LogP contribution is 2.19. The van der Waals surface area contributed by atoms with Crippen LogP contribution in [-0.2, 0) is 13.0 Å². The van der Waals surface area contributed by atoms with Crippen molar-refractivity contribution in [3.63, 3.8) is 0 Å². The van der Waals surface area contributed by atoms with Gasteiger partial charge in [-0.05, 0) is 18.1 Å². The molecule has 0 fully saturated rings. The molecule has 0 saturated carbocycles. The Hall–Kier alpha value is -1.06. The second-order valence-corrected chi connectivity index (χ2v) is 4.79. The molecule has 0 amide bonds. The lowest BCUT2D eigenvalue weighted by atomic mass is 10.1. The van der Waals surface area contributed by atoms with Crippen LogP contribution in [0.4, 0.5) is 0 Å². The minimum absolute atomic E-state index is 0.546. The summed E-state index contributed by atoms with van der Waals surface area (Å²) in [5.74, 6) is 0.969. The van der Waals surface area contributed by atoms with Crippen LogP contribution in [0.15, 0.2) is 18.2 Å². The monoisotopic (exact) mass is 250 g/mol. The number of nitrogens with one attached hydrogen (secondary N) is 2. The summed E-state index contributed by atoms with van der Waals surface area (Å²) < 4.78 is 5.38. The first-order valence-electron chi connectivity index (χ1n) is 6.77. The molecule has 0 aromatic heterocycles. The van der Waals surface area contributed by atoms with Crippen LogP contribution >= 0.6 is 0 Å². The lowest BCUT2D eigenvalue weighted by Gasteiger charge is -2.12. The number of rotatable bonds is 8. The third kappa shape index (κ3) is 5.07. The maximum Gasteiger partial charge on any atom is 0.123 e. The van der Waals surface area contributed by atoms with Crippen molar-refractivity contribution in [2.75, 3.05) is 20.2 Å². The summed E-state index contributed by atoms with van der Waals surface area (Å²) in [6.07, 6.45) is 1.06. The minimum atomic E-state index is 0.546. The van der Waals surface area contributed by atoms with E-state index in [4.69, 9.17) is 4.74 Å². The topological polar surface area (TPSA) is 33.3 Å². The van der Waals surface area contributed by atoms with E-state index in [0.717, 1.165) is 31.8 Å². The van der Waals surface area contributed by atoms with Crippen LogP contribution in [0.3, 0.4) is 0 Å². The fourth-order valence-corrected chi connectivity index (χ4v) is 1.86. The van der Waals surface area contributed by atoms with Crippen LogP contribution in [0.1, 0.15) is 31.9 Å². The number of hydrogen-bond donors (Lipinski definition) is 2. The van der Waals surface area contributed by atoms with Gasteiger partial charge >= 0.3 is 0 Å². The van der Waals surface area contributed by atoms with Gasteiger partial charge in [0.2, 0.25) is 0 Å². The van der Waals surface area contributed by atoms with Crippen molar-refractivity contribution >= 4 is 0 Å². The van der Waals surface area contributed by atoms with Crippen molar-refractivity contribution in [3.8, 4) is 5.75 Å². The predicted molar refractivity (Wildman–Crippen MR) is 77.2 cm³/mol. The van der Waals surface area contributed by atoms with Crippen LogP contribution in [0.25, 0.3) is 0 Å². The maximum atomic E-state index is 5.38. The Kier molecular flexibility index (Phi) is 6.76. The molecule has 0 spiro atoms. The van der Waals surface area contributed by atoms with Crippen LogP contribution in [0.5, 0.6) is 5.75 Å². The molecule has 0 aliphatic heterocycles. The molecule has 102 valence electrons. The Bertz CT molecular complexity index is 350. The van der Waals surface area contributed by atoms with Crippen LogP contribution in [0.2, 0.25) is 0 Å². The molecule has 3 nitrogen and oxygen atoms in total. The van der Waals surface area contributed by atoms with Crippen molar-refractivity contribution in [1.29, 1.82) is 0 Å². The van der Waals surface area contributed by atoms with Crippen molar-refractivity contribution in [1.82, 2.24) is 10.6 Å². The summed E-state index contributed by atoms with van der Waals surface area (Å²) in [6, 6.07) is 6.96. The van der Waals surface area contributed by atoms with Crippen LogP contribution < -0.4 is 15.4 Å². The summed E-state index contributed by atoms with van der Waals surface area (Å²) >= 11 is 0. The number of ether oxygens (including phenoxy) is 1. The fourth-order valence-electron chi connectivity index (χ4n) is 1.86. The van der Waals surface area contributed by atoms with Crippen molar-refractivity contribution in [2.24, 2.45) is 0 Å². The molecule has 1 aromatic carbocycles. The van der Waals surface area contributed by atoms with E-state index in [1.807, 2.05) is 0 Å². The van der Waals surface area contributed by atoms with Crippen LogP contribution in [0, 0.1) is 0 Å². The van der Waals surface area contributed by atoms with Crippen molar-refractivity contribution < 1.29 is 4.74 Å². The van der Waals surface area contributed by atoms with Gasteiger partial charge in [0.1, 0.15) is 5.75 Å². The average molecular weight is 250 g/mol. The maximum absolute atomic E-state index is 5.38. The van der Waals surface area contributed by atoms with E-state index in [9.17, 15) is 0 Å². The molecule has 0 atom stereocenters. The normalized spacial score (nSPS) is 10.9. The van der Waals surface area contributed by atoms with E-state index in [-0.39, 0.29) is 0 Å². The molecular weight excluding hydrogens is 224 g/mol. The standard InChI is InChI=1S/C15H26N2O/c1-5-13-6-7-15(18-4)14(10-13)11-16-8-9-17-12(2)3/h6-7,10,12,16-17H,5,8-9,11H2,1-4H3. The Labute approximate surface area is 111 Å². The SMILES string of the molecule is CCc1ccc(OC)c(CNCCNC(C)C)c1. The van der Waals surface area contributed by atoms with E-state index in [1.165, 1.54) is 11.1 Å². The van der Waals surface area contributed by atoms with E-state index in [2.05, 4.69) is 49.6 Å². The Morgan fingerprint density at radius 3 is 2.61 bits per heavy atom. The first-order chi connectivity index (χ1) is 8.67. The molecule has 1 rings (SSSR count). The van der Waals surface area contributed by atoms with Crippen molar-refractivity contribution in [2.45, 2.75) is 39.8 Å². The average Bonchev–Trinajstić information content (AvgIpc) is 2.37. The van der Waals surface area contributed by atoms with Gasteiger partial charge in [0, 0.05) is 31.2 Å². The minimum Gasteiger partial charge on any atom is -0.496 e. The summed E-state index contributed by atoms with van der Waals surface area (Å²) in [6.45, 7) is 9.31. The van der Waals surface area contributed by atoms with Gasteiger partial charge in [-0.2, -0.15) is 0 Å². The van der Waals surface area contributed by atoms with Crippen molar-refractivity contribution in [3.05, 3.63) is 29.3 Å². The summed E-state index contributed by atoms with van der Waals surface area (Å²) in [5, 5.41) is 6.83. The number of hydrogen-bond acceptors (Lipinski definition) is 3. The highest BCUT2D eigenvalue weighted by Gasteiger charge is 2.03. The third-order valence-corrected chi connectivity index (χ3v) is 2.92. The summed E-state index contributed by atoms with van der Waals surface area (Å²) in [4.78, 5) is 0. The summed E-state index contributed by atoms with van der Waals surface area (Å²) in [5.41, 5.74) is 2.59. The smallest absolute Gasteiger partial charge is 0.123 e. The summed E-state index contributed by atoms with van der Waals surface area (Å²) in [7, 11) is 1.73.